The zero-order valence-electron chi connectivity index (χ0n) is 24.7. The van der Waals surface area contributed by atoms with Gasteiger partial charge in [0.2, 0.25) is 17.7 Å². The Morgan fingerprint density at radius 1 is 1.07 bits per heavy atom. The minimum Gasteiger partial charge on any atom is -0.358 e. The maximum atomic E-state index is 14.1. The van der Waals surface area contributed by atoms with Gasteiger partial charge in [-0.3, -0.25) is 19.3 Å². The van der Waals surface area contributed by atoms with Crippen molar-refractivity contribution < 1.29 is 18.8 Å². The molecule has 4 rings (SSSR count). The van der Waals surface area contributed by atoms with Gasteiger partial charge in [0, 0.05) is 44.2 Å². The summed E-state index contributed by atoms with van der Waals surface area (Å²) in [4.78, 5) is 44.2. The molecule has 2 aliphatic heterocycles. The Bertz CT molecular complexity index is 1200. The zero-order valence-corrected chi connectivity index (χ0v) is 27.1. The van der Waals surface area contributed by atoms with Gasteiger partial charge in [0.15, 0.2) is 0 Å². The molecule has 0 bridgehead atoms. The van der Waals surface area contributed by atoms with Crippen LogP contribution in [-0.2, 0) is 27.2 Å². The van der Waals surface area contributed by atoms with Crippen LogP contribution in [0.5, 0.6) is 0 Å². The monoisotopic (exact) mass is 657 g/mol. The highest BCUT2D eigenvalue weighted by Gasteiger charge is 2.38. The van der Waals surface area contributed by atoms with Crippen molar-refractivity contribution in [3.8, 4) is 0 Å². The lowest BCUT2D eigenvalue weighted by molar-refractivity contribution is -0.142. The van der Waals surface area contributed by atoms with E-state index in [0.29, 0.717) is 31.1 Å². The van der Waals surface area contributed by atoms with Gasteiger partial charge in [-0.1, -0.05) is 49.2 Å². The first-order chi connectivity index (χ1) is 19.8. The van der Waals surface area contributed by atoms with Crippen molar-refractivity contribution in [1.29, 1.82) is 0 Å². The zero-order chi connectivity index (χ0) is 29.4. The number of hydrogen-bond donors (Lipinski definition) is 3. The molecule has 238 valence electrons. The highest BCUT2D eigenvalue weighted by atomic mass is 35.5. The van der Waals surface area contributed by atoms with E-state index in [2.05, 4.69) is 27.8 Å². The fourth-order valence-corrected chi connectivity index (χ4v) is 6.12. The van der Waals surface area contributed by atoms with Crippen LogP contribution in [0.4, 0.5) is 4.39 Å². The first-order valence-corrected chi connectivity index (χ1v) is 15.0. The van der Waals surface area contributed by atoms with Crippen LogP contribution in [0.15, 0.2) is 48.5 Å². The van der Waals surface area contributed by atoms with Crippen molar-refractivity contribution in [3.05, 3.63) is 70.5 Å². The molecule has 12 heteroatoms. The molecule has 0 spiro atoms. The molecule has 0 aliphatic carbocycles. The molecule has 3 N–H and O–H groups in total. The van der Waals surface area contributed by atoms with Crippen LogP contribution in [0.2, 0.25) is 5.02 Å². The fraction of sp³-hybridized carbons (Fsp3) is 0.516. The van der Waals surface area contributed by atoms with Crippen LogP contribution in [0, 0.1) is 5.82 Å². The van der Waals surface area contributed by atoms with Gasteiger partial charge in [0.25, 0.3) is 0 Å². The lowest BCUT2D eigenvalue weighted by Gasteiger charge is -2.45. The van der Waals surface area contributed by atoms with Crippen molar-refractivity contribution in [1.82, 2.24) is 25.8 Å². The molecule has 2 aromatic carbocycles. The van der Waals surface area contributed by atoms with Crippen LogP contribution in [0.1, 0.15) is 43.7 Å². The van der Waals surface area contributed by atoms with Crippen LogP contribution in [-0.4, -0.2) is 84.9 Å². The Labute approximate surface area is 271 Å². The Balaban J connectivity index is 0.00000323. The topological polar surface area (TPSA) is 93.8 Å². The molecular formula is C31H43Cl3FN5O3. The highest BCUT2D eigenvalue weighted by Crippen LogP contribution is 2.22. The van der Waals surface area contributed by atoms with E-state index in [1.807, 2.05) is 29.2 Å². The number of carbonyl (C=O) groups is 3. The third-order valence-electron chi connectivity index (χ3n) is 8.07. The van der Waals surface area contributed by atoms with Gasteiger partial charge in [-0.15, -0.1) is 24.8 Å². The van der Waals surface area contributed by atoms with Crippen molar-refractivity contribution in [3.63, 3.8) is 0 Å². The lowest BCUT2D eigenvalue weighted by atomic mass is 9.98. The molecular weight excluding hydrogens is 616 g/mol. The van der Waals surface area contributed by atoms with Crippen LogP contribution >= 0.6 is 36.4 Å². The summed E-state index contributed by atoms with van der Waals surface area (Å²) in [6.07, 6.45) is 4.05. The Hall–Kier alpha value is -2.43. The third-order valence-corrected chi connectivity index (χ3v) is 8.31. The minimum atomic E-state index is -0.775. The summed E-state index contributed by atoms with van der Waals surface area (Å²) in [5.74, 6) is -0.760. The number of halogens is 4. The molecule has 43 heavy (non-hydrogen) atoms. The number of benzene rings is 2. The molecule has 2 saturated heterocycles. The maximum absolute atomic E-state index is 14.1. The molecule has 2 fully saturated rings. The Morgan fingerprint density at radius 2 is 1.81 bits per heavy atom. The molecule has 2 aromatic rings. The molecule has 2 aliphatic rings. The number of amides is 3. The SMILES string of the molecule is CCCC1CN(C(Cc2cccc(Cl)c2)C(=O)NC)CCN1C(=O)C(Cc1ccc(F)cc1)NC(=O)C1CCCN1.Cl.Cl. The van der Waals surface area contributed by atoms with E-state index in [0.717, 1.165) is 43.4 Å². The van der Waals surface area contributed by atoms with Gasteiger partial charge in [0.1, 0.15) is 11.9 Å². The van der Waals surface area contributed by atoms with Gasteiger partial charge in [0.05, 0.1) is 12.1 Å². The van der Waals surface area contributed by atoms with Gasteiger partial charge in [-0.05, 0) is 67.6 Å². The van der Waals surface area contributed by atoms with Gasteiger partial charge >= 0.3 is 0 Å². The largest absolute Gasteiger partial charge is 0.358 e. The van der Waals surface area contributed by atoms with E-state index in [1.54, 1.807) is 19.2 Å². The van der Waals surface area contributed by atoms with Crippen molar-refractivity contribution >= 4 is 54.1 Å². The molecule has 8 nitrogen and oxygen atoms in total. The number of rotatable bonds is 11. The van der Waals surface area contributed by atoms with Gasteiger partial charge in [-0.2, -0.15) is 0 Å². The number of hydrogen-bond acceptors (Lipinski definition) is 5. The van der Waals surface area contributed by atoms with Gasteiger partial charge < -0.3 is 20.9 Å². The van der Waals surface area contributed by atoms with Crippen LogP contribution in [0.3, 0.4) is 0 Å². The molecule has 0 radical (unpaired) electrons. The lowest BCUT2D eigenvalue weighted by Crippen LogP contribution is -2.63. The molecule has 4 unspecified atom stereocenters. The number of piperazine rings is 1. The number of nitrogens with one attached hydrogen (secondary N) is 3. The summed E-state index contributed by atoms with van der Waals surface area (Å²) in [7, 11) is 1.64. The third kappa shape index (κ3) is 10.0. The average Bonchev–Trinajstić information content (AvgIpc) is 3.52. The maximum Gasteiger partial charge on any atom is 0.245 e. The summed E-state index contributed by atoms with van der Waals surface area (Å²) in [6, 6.07) is 12.0. The van der Waals surface area contributed by atoms with Gasteiger partial charge in [-0.25, -0.2) is 4.39 Å². The number of carbonyl (C=O) groups excluding carboxylic acids is 3. The smallest absolute Gasteiger partial charge is 0.245 e. The molecule has 2 heterocycles. The van der Waals surface area contributed by atoms with E-state index < -0.39 is 12.1 Å². The quantitative estimate of drug-likeness (QED) is 0.342. The number of likely N-dealkylation sites (N-methyl/N-ethyl adjacent to an activating group) is 1. The Morgan fingerprint density at radius 3 is 2.44 bits per heavy atom. The summed E-state index contributed by atoms with van der Waals surface area (Å²) >= 11 is 6.21. The predicted octanol–water partition coefficient (Wildman–Crippen LogP) is 3.77. The van der Waals surface area contributed by atoms with E-state index in [-0.39, 0.29) is 66.9 Å². The van der Waals surface area contributed by atoms with E-state index in [4.69, 9.17) is 11.6 Å². The second-order valence-electron chi connectivity index (χ2n) is 11.0. The van der Waals surface area contributed by atoms with Crippen LogP contribution in [0.25, 0.3) is 0 Å². The summed E-state index contributed by atoms with van der Waals surface area (Å²) in [6.45, 7) is 4.35. The molecule has 4 atom stereocenters. The molecule has 3 amide bonds. The summed E-state index contributed by atoms with van der Waals surface area (Å²) in [5.41, 5.74) is 1.75. The minimum absolute atomic E-state index is 0. The second-order valence-corrected chi connectivity index (χ2v) is 11.4. The first kappa shape index (κ1) is 36.8. The van der Waals surface area contributed by atoms with Crippen LogP contribution < -0.4 is 16.0 Å². The first-order valence-electron chi connectivity index (χ1n) is 14.6. The summed E-state index contributed by atoms with van der Waals surface area (Å²) in [5, 5.41) is 9.63. The van der Waals surface area contributed by atoms with E-state index in [9.17, 15) is 18.8 Å². The van der Waals surface area contributed by atoms with E-state index in [1.165, 1.54) is 12.1 Å². The Kier molecular flexibility index (Phi) is 15.2. The molecule has 0 aromatic heterocycles. The van der Waals surface area contributed by atoms with Crippen molar-refractivity contribution in [2.75, 3.05) is 33.2 Å². The van der Waals surface area contributed by atoms with E-state index >= 15 is 0 Å². The van der Waals surface area contributed by atoms with Crippen molar-refractivity contribution in [2.45, 2.75) is 69.6 Å². The summed E-state index contributed by atoms with van der Waals surface area (Å²) < 4.78 is 13.6. The predicted molar refractivity (Wildman–Crippen MR) is 173 cm³/mol. The normalized spacial score (nSPS) is 19.9. The average molecular weight is 659 g/mol. The van der Waals surface area contributed by atoms with Crippen molar-refractivity contribution in [2.24, 2.45) is 0 Å². The second kappa shape index (κ2) is 17.8. The molecule has 0 saturated carbocycles. The number of nitrogens with zero attached hydrogens (tertiary/aromatic N) is 2. The fourth-order valence-electron chi connectivity index (χ4n) is 5.91. The highest BCUT2D eigenvalue weighted by molar-refractivity contribution is 6.30. The standard InChI is InChI=1S/C31H41ClFN5O3.2ClH/c1-3-6-25-20-37(28(30(40)34-2)19-22-7-4-8-23(32)17-22)15-16-38(25)31(41)27(18-21-10-12-24(33)13-11-21)36-29(39)26-9-5-14-35-26;;/h4,7-8,10-13,17,25-28,35H,3,5-6,9,14-16,18-20H2,1-2H3,(H,34,40)(H,36,39);2*1H.